The number of aromatic nitrogens is 2. The average molecular weight is 408 g/mol. The van der Waals surface area contributed by atoms with Crippen molar-refractivity contribution in [2.75, 3.05) is 32.7 Å². The number of carbonyl (C=O) groups excluding carboxylic acids is 1. The molecule has 1 saturated carbocycles. The number of rotatable bonds is 13. The average Bonchev–Trinajstić information content (AvgIpc) is 3.54. The number of carbonyl (C=O) groups is 1. The van der Waals surface area contributed by atoms with Gasteiger partial charge in [-0.05, 0) is 50.9 Å². The Morgan fingerprint density at radius 1 is 1.28 bits per heavy atom. The van der Waals surface area contributed by atoms with Crippen LogP contribution in [0.25, 0.3) is 0 Å². The Morgan fingerprint density at radius 3 is 2.48 bits per heavy atom. The molecule has 2 rings (SSSR count). The van der Waals surface area contributed by atoms with Crippen molar-refractivity contribution >= 4 is 11.9 Å². The fourth-order valence-electron chi connectivity index (χ4n) is 3.55. The number of hydrogen-bond acceptors (Lipinski definition) is 7. The quantitative estimate of drug-likeness (QED) is 0.387. The van der Waals surface area contributed by atoms with E-state index in [2.05, 4.69) is 24.1 Å². The number of methoxy groups -OCH3 is 2. The minimum Gasteiger partial charge on any atom is -0.465 e. The summed E-state index contributed by atoms with van der Waals surface area (Å²) in [7, 11) is 3.15. The van der Waals surface area contributed by atoms with E-state index in [1.807, 2.05) is 13.8 Å². The monoisotopic (exact) mass is 407 g/mol. The lowest BCUT2D eigenvalue weighted by Crippen LogP contribution is -2.40. The fraction of sp³-hybridized carbons (Fsp3) is 0.773. The van der Waals surface area contributed by atoms with Gasteiger partial charge in [0.1, 0.15) is 5.41 Å². The zero-order valence-electron chi connectivity index (χ0n) is 18.8. The van der Waals surface area contributed by atoms with Gasteiger partial charge in [-0.3, -0.25) is 4.79 Å². The van der Waals surface area contributed by atoms with Gasteiger partial charge in [0.2, 0.25) is 5.95 Å². The Morgan fingerprint density at radius 2 is 1.97 bits per heavy atom. The molecule has 0 saturated heterocycles. The number of nitrogens with one attached hydrogen (secondary N) is 1. The van der Waals surface area contributed by atoms with E-state index in [4.69, 9.17) is 19.2 Å². The lowest BCUT2D eigenvalue weighted by atomic mass is 9.74. The highest BCUT2D eigenvalue weighted by Gasteiger charge is 2.44. The molecular formula is C22H37N3O4. The molecule has 7 nitrogen and oxygen atoms in total. The van der Waals surface area contributed by atoms with Crippen LogP contribution in [0.2, 0.25) is 0 Å². The molecule has 0 aliphatic heterocycles. The Kier molecular flexibility index (Phi) is 8.83. The maximum atomic E-state index is 13.3. The summed E-state index contributed by atoms with van der Waals surface area (Å²) in [6, 6.07) is 0. The largest absolute Gasteiger partial charge is 0.465 e. The van der Waals surface area contributed by atoms with Crippen LogP contribution in [0, 0.1) is 11.8 Å². The highest BCUT2D eigenvalue weighted by Crippen LogP contribution is 2.39. The zero-order chi connectivity index (χ0) is 21.4. The lowest BCUT2D eigenvalue weighted by molar-refractivity contribution is -0.151. The standard InChI is InChI=1S/C22H37N3O4/c1-7-22(12-11-15(3)4,20(26)29-8-2)18-17(19(27-5)28-6)14-24-21(25-18)23-13-16-9-10-16/h14-16,19H,7-13H2,1-6H3,(H,23,24,25). The van der Waals surface area contributed by atoms with Crippen LogP contribution in [0.4, 0.5) is 5.95 Å². The fourth-order valence-corrected chi connectivity index (χ4v) is 3.55. The van der Waals surface area contributed by atoms with Gasteiger partial charge in [-0.1, -0.05) is 20.8 Å². The van der Waals surface area contributed by atoms with Gasteiger partial charge >= 0.3 is 5.97 Å². The summed E-state index contributed by atoms with van der Waals surface area (Å²) in [5.74, 6) is 1.43. The topological polar surface area (TPSA) is 82.6 Å². The van der Waals surface area contributed by atoms with Crippen LogP contribution in [0.15, 0.2) is 6.20 Å². The first-order valence-corrected chi connectivity index (χ1v) is 10.8. The third-order valence-electron chi connectivity index (χ3n) is 5.62. The van der Waals surface area contributed by atoms with E-state index in [0.29, 0.717) is 48.5 Å². The van der Waals surface area contributed by atoms with Crippen molar-refractivity contribution in [3.05, 3.63) is 17.5 Å². The second-order valence-electron chi connectivity index (χ2n) is 8.21. The van der Waals surface area contributed by atoms with Gasteiger partial charge in [0.25, 0.3) is 0 Å². The summed E-state index contributed by atoms with van der Waals surface area (Å²) in [5, 5.41) is 3.33. The van der Waals surface area contributed by atoms with Crippen LogP contribution < -0.4 is 5.32 Å². The molecule has 0 bridgehead atoms. The van der Waals surface area contributed by atoms with Crippen molar-refractivity contribution in [2.45, 2.75) is 71.5 Å². The molecule has 0 spiro atoms. The Hall–Kier alpha value is -1.73. The second-order valence-corrected chi connectivity index (χ2v) is 8.21. The van der Waals surface area contributed by atoms with Crippen molar-refractivity contribution in [3.63, 3.8) is 0 Å². The molecule has 1 aromatic rings. The van der Waals surface area contributed by atoms with Gasteiger partial charge in [-0.2, -0.15) is 0 Å². The number of ether oxygens (including phenoxy) is 3. The maximum Gasteiger partial charge on any atom is 0.318 e. The normalized spacial score (nSPS) is 16.1. The van der Waals surface area contributed by atoms with E-state index < -0.39 is 11.7 Å². The van der Waals surface area contributed by atoms with Gasteiger partial charge in [0.15, 0.2) is 6.29 Å². The predicted octanol–water partition coefficient (Wildman–Crippen LogP) is 4.24. The van der Waals surface area contributed by atoms with E-state index in [9.17, 15) is 4.79 Å². The minimum absolute atomic E-state index is 0.248. The van der Waals surface area contributed by atoms with E-state index >= 15 is 0 Å². The Labute approximate surface area is 174 Å². The zero-order valence-corrected chi connectivity index (χ0v) is 18.8. The van der Waals surface area contributed by atoms with Crippen LogP contribution in [-0.4, -0.2) is 43.3 Å². The third-order valence-corrected chi connectivity index (χ3v) is 5.62. The molecule has 1 atom stereocenters. The van der Waals surface area contributed by atoms with Gasteiger partial charge in [-0.25, -0.2) is 9.97 Å². The van der Waals surface area contributed by atoms with Crippen LogP contribution in [0.3, 0.4) is 0 Å². The van der Waals surface area contributed by atoms with Crippen molar-refractivity contribution in [1.29, 1.82) is 0 Å². The molecule has 164 valence electrons. The van der Waals surface area contributed by atoms with E-state index in [1.165, 1.54) is 12.8 Å². The molecule has 1 unspecified atom stereocenters. The SMILES string of the molecule is CCOC(=O)C(CC)(CCC(C)C)c1nc(NCC2CC2)ncc1C(OC)OC. The molecule has 1 aromatic heterocycles. The van der Waals surface area contributed by atoms with Crippen LogP contribution in [-0.2, 0) is 24.4 Å². The van der Waals surface area contributed by atoms with Gasteiger partial charge in [0, 0.05) is 32.5 Å². The lowest BCUT2D eigenvalue weighted by Gasteiger charge is -2.33. The Balaban J connectivity index is 2.54. The molecule has 1 N–H and O–H groups in total. The maximum absolute atomic E-state index is 13.3. The molecule has 7 heteroatoms. The Bertz CT molecular complexity index is 659. The van der Waals surface area contributed by atoms with E-state index in [-0.39, 0.29) is 5.97 Å². The predicted molar refractivity (Wildman–Crippen MR) is 113 cm³/mol. The summed E-state index contributed by atoms with van der Waals surface area (Å²) < 4.78 is 16.5. The molecule has 1 aliphatic rings. The van der Waals surface area contributed by atoms with Crippen LogP contribution >= 0.6 is 0 Å². The van der Waals surface area contributed by atoms with Crippen molar-refractivity contribution < 1.29 is 19.0 Å². The molecular weight excluding hydrogens is 370 g/mol. The highest BCUT2D eigenvalue weighted by molar-refractivity contribution is 5.83. The van der Waals surface area contributed by atoms with Gasteiger partial charge in [-0.15, -0.1) is 0 Å². The van der Waals surface area contributed by atoms with Crippen molar-refractivity contribution in [3.8, 4) is 0 Å². The van der Waals surface area contributed by atoms with Gasteiger partial charge in [0.05, 0.1) is 12.3 Å². The van der Waals surface area contributed by atoms with Crippen LogP contribution in [0.5, 0.6) is 0 Å². The number of nitrogens with zero attached hydrogens (tertiary/aromatic N) is 2. The molecule has 1 fully saturated rings. The first-order chi connectivity index (χ1) is 13.9. The van der Waals surface area contributed by atoms with Gasteiger partial charge < -0.3 is 19.5 Å². The van der Waals surface area contributed by atoms with Crippen LogP contribution in [0.1, 0.15) is 77.3 Å². The minimum atomic E-state index is -0.871. The molecule has 0 aromatic carbocycles. The molecule has 29 heavy (non-hydrogen) atoms. The summed E-state index contributed by atoms with van der Waals surface area (Å²) in [4.78, 5) is 22.6. The molecule has 0 radical (unpaired) electrons. The molecule has 1 aliphatic carbocycles. The number of anilines is 1. The summed E-state index contributed by atoms with van der Waals surface area (Å²) >= 11 is 0. The first-order valence-electron chi connectivity index (χ1n) is 10.8. The van der Waals surface area contributed by atoms with E-state index in [0.717, 1.165) is 13.0 Å². The second kappa shape index (κ2) is 10.9. The first kappa shape index (κ1) is 23.5. The molecule has 0 amide bonds. The summed E-state index contributed by atoms with van der Waals surface area (Å²) in [6.45, 7) is 9.32. The van der Waals surface area contributed by atoms with Crippen molar-refractivity contribution in [2.24, 2.45) is 11.8 Å². The smallest absolute Gasteiger partial charge is 0.318 e. The third kappa shape index (κ3) is 5.89. The van der Waals surface area contributed by atoms with Crippen molar-refractivity contribution in [1.82, 2.24) is 9.97 Å². The van der Waals surface area contributed by atoms with E-state index in [1.54, 1.807) is 20.4 Å². The summed E-state index contributed by atoms with van der Waals surface area (Å²) in [6.07, 6.45) is 5.64. The number of hydrogen-bond donors (Lipinski definition) is 1. The number of esters is 1. The highest BCUT2D eigenvalue weighted by atomic mass is 16.7. The molecule has 1 heterocycles. The summed E-state index contributed by atoms with van der Waals surface area (Å²) in [5.41, 5.74) is 0.441.